The lowest BCUT2D eigenvalue weighted by atomic mass is 9.93. The van der Waals surface area contributed by atoms with Gasteiger partial charge in [-0.15, -0.1) is 5.10 Å². The van der Waals surface area contributed by atoms with Gasteiger partial charge in [0, 0.05) is 6.20 Å². The van der Waals surface area contributed by atoms with Crippen molar-refractivity contribution in [3.05, 3.63) is 11.9 Å². The van der Waals surface area contributed by atoms with Gasteiger partial charge in [-0.1, -0.05) is 26.0 Å². The molecule has 126 heavy (non-hydrogen) atoms. The van der Waals surface area contributed by atoms with Gasteiger partial charge in [-0.25, -0.2) is 36.5 Å². The van der Waals surface area contributed by atoms with E-state index >= 15 is 0 Å². The molecule has 10 heterocycles. The normalized spacial score (nSPS) is 43.2. The van der Waals surface area contributed by atoms with Gasteiger partial charge in [-0.05, 0) is 25.1 Å². The second-order valence-corrected chi connectivity index (χ2v) is 49.7. The lowest BCUT2D eigenvalue weighted by Gasteiger charge is -2.35. The molecule has 716 valence electrons. The van der Waals surface area contributed by atoms with Crippen LogP contribution in [0.1, 0.15) is 33.4 Å². The molecule has 44 atom stereocenters. The third-order valence-electron chi connectivity index (χ3n) is 22.9. The van der Waals surface area contributed by atoms with Crippen LogP contribution in [0.4, 0.5) is 0 Å². The highest BCUT2D eigenvalue weighted by atomic mass is 31.2. The van der Waals surface area contributed by atoms with Crippen molar-refractivity contribution in [3.8, 4) is 0 Å². The first-order valence-corrected chi connectivity index (χ1v) is 54.7. The summed E-state index contributed by atoms with van der Waals surface area (Å²) in [6, 6.07) is -10.1. The Balaban J connectivity index is 0.695. The van der Waals surface area contributed by atoms with Crippen molar-refractivity contribution in [2.24, 2.45) is 0 Å². The van der Waals surface area contributed by atoms with Crippen LogP contribution in [0, 0.1) is 0 Å². The van der Waals surface area contributed by atoms with Crippen LogP contribution >= 0.6 is 62.6 Å². The van der Waals surface area contributed by atoms with Crippen molar-refractivity contribution >= 4 is 141 Å². The molecule has 0 amide bonds. The Morgan fingerprint density at radius 2 is 0.540 bits per heavy atom. The number of ether oxygens (including phenoxy) is 10. The predicted molar refractivity (Wildman–Crippen MR) is 441 cm³/mol. The van der Waals surface area contributed by atoms with E-state index in [0.717, 1.165) is 0 Å². The van der Waals surface area contributed by atoms with Crippen LogP contribution < -0.4 is 0 Å². The molecule has 9 aliphatic heterocycles. The molecule has 9 saturated heterocycles. The summed E-state index contributed by atoms with van der Waals surface area (Å²) in [5, 5.41) is 105. The topological polar surface area (TPSA) is 751 Å². The standard InChI is InChI=1S/C54H108B9N3O51P8Si/c1-17-36(29(69)46(56)101-17)110-118(76,77)100-16-26-43(44(53(63)109-26)92-8-18-7-66(65-64-18)126(5,6)54(2,3)4)117-125(90,91)99-15-25-42(35(75)52(62)108-25)116-124(88,89)98-14-24-41(34(74)51(61)107-24)115-123(86,87)97-13-23-40(33(73)50(60)106-23)114-122(84,85)96-12-22-39(32(72)49(59)105-22)113-121(82,83)95-11-21-38(31(71)48(58)104-21)112-120(80,81)94-10-20-37(30(70)47(57)103-20)111-119(78,79)93-9-19-27(67)28(68)45(55)102-19/h7,17,19-53,67-75H,8-16,55-63H2,1-6H3,(H,76,77)(H,78,79)(H,80,81)(H,82,83)(H,84,85)(H,86,87)(H,88,89)(H,90,91)/t17-,19-,20-,21-,22-,23-,24-,25-,26-,27+,28+,29+,30+,31+,32+,33+,34+,35+,36+,37+,38+,39+,40+,41+,42+,43+,44+,45?,46?,47?,48?,49?,50?,51?,52?,53?/m1/s1. The minimum atomic E-state index is -5.55. The first-order chi connectivity index (χ1) is 58.0. The van der Waals surface area contributed by atoms with Crippen molar-refractivity contribution in [2.75, 3.05) is 52.9 Å². The molecular formula is C54H108B9N3O51P8Si. The second kappa shape index (κ2) is 42.8. The van der Waals surface area contributed by atoms with Gasteiger partial charge in [-0.2, -0.15) is 0 Å². The largest absolute Gasteiger partial charge is 0.472 e. The maximum absolute atomic E-state index is 14.1. The van der Waals surface area contributed by atoms with Gasteiger partial charge in [0.25, 0.3) is 0 Å². The average Bonchev–Trinajstić information content (AvgIpc) is 1.51. The van der Waals surface area contributed by atoms with Crippen molar-refractivity contribution in [1.29, 1.82) is 0 Å². The van der Waals surface area contributed by atoms with Crippen molar-refractivity contribution < 1.29 is 241 Å². The highest BCUT2D eigenvalue weighted by Gasteiger charge is 2.58. The smallest absolute Gasteiger partial charge is 0.388 e. The Morgan fingerprint density at radius 1 is 0.325 bits per heavy atom. The molecule has 9 aliphatic rings. The average molecular weight is 1990 g/mol. The molecule has 0 saturated carbocycles. The molecule has 0 bridgehead atoms. The van der Waals surface area contributed by atoms with Crippen LogP contribution in [0.3, 0.4) is 0 Å². The Hall–Kier alpha value is 0.0613. The fourth-order valence-corrected chi connectivity index (χ4v) is 23.9. The second-order valence-electron chi connectivity index (χ2n) is 33.4. The zero-order valence-corrected chi connectivity index (χ0v) is 78.8. The molecular weight excluding hydrogens is 1880 g/mol. The summed E-state index contributed by atoms with van der Waals surface area (Å²) in [6.07, 6.45) is -42.9. The minimum absolute atomic E-state index is 0.167. The minimum Gasteiger partial charge on any atom is -0.388 e. The molecule has 0 radical (unpaired) electrons. The van der Waals surface area contributed by atoms with Crippen LogP contribution in [-0.2, 0) is 163 Å². The number of aliphatic hydroxyl groups is 9. The van der Waals surface area contributed by atoms with Gasteiger partial charge in [0.05, 0.1) is 120 Å². The number of phosphoric ester groups is 8. The maximum Gasteiger partial charge on any atom is 0.472 e. The number of rotatable bonds is 44. The van der Waals surface area contributed by atoms with Gasteiger partial charge in [0.15, 0.2) is 8.24 Å². The van der Waals surface area contributed by atoms with Gasteiger partial charge >= 0.3 is 62.6 Å². The van der Waals surface area contributed by atoms with Gasteiger partial charge in [0.2, 0.25) is 0 Å². The lowest BCUT2D eigenvalue weighted by molar-refractivity contribution is -0.0518. The van der Waals surface area contributed by atoms with Crippen LogP contribution in [0.2, 0.25) is 18.1 Å². The monoisotopic (exact) mass is 1990 g/mol. The number of hydrogen-bond acceptors (Lipinski definition) is 45. The van der Waals surface area contributed by atoms with Crippen LogP contribution in [0.5, 0.6) is 0 Å². The summed E-state index contributed by atoms with van der Waals surface area (Å²) >= 11 is 0. The molecule has 17 unspecified atom stereocenters. The summed E-state index contributed by atoms with van der Waals surface area (Å²) in [4.78, 5) is 87.7. The molecule has 0 aliphatic carbocycles. The van der Waals surface area contributed by atoms with Crippen molar-refractivity contribution in [3.63, 3.8) is 0 Å². The molecule has 1 aromatic rings. The Morgan fingerprint density at radius 3 is 0.786 bits per heavy atom. The fourth-order valence-electron chi connectivity index (χ4n) is 14.8. The van der Waals surface area contributed by atoms with E-state index in [1.165, 1.54) is 77.5 Å². The molecule has 0 aromatic carbocycles. The van der Waals surface area contributed by atoms with E-state index in [1.807, 2.05) is 0 Å². The van der Waals surface area contributed by atoms with E-state index in [1.54, 1.807) is 10.5 Å². The molecule has 9 fully saturated rings. The lowest BCUT2D eigenvalue weighted by Crippen LogP contribution is -2.45. The quantitative estimate of drug-likeness (QED) is 0.0213. The molecule has 17 N–H and O–H groups in total. The predicted octanol–water partition coefficient (Wildman–Crippen LogP) is -13.5. The third kappa shape index (κ3) is 27.6. The summed E-state index contributed by atoms with van der Waals surface area (Å²) in [7, 11) is -33.4. The first kappa shape index (κ1) is 108. The maximum atomic E-state index is 14.1. The van der Waals surface area contributed by atoms with E-state index in [2.05, 4.69) is 44.2 Å². The van der Waals surface area contributed by atoms with Crippen LogP contribution in [0.25, 0.3) is 0 Å². The van der Waals surface area contributed by atoms with E-state index in [-0.39, 0.29) is 11.6 Å². The highest BCUT2D eigenvalue weighted by Crippen LogP contribution is 2.58. The molecule has 1 aromatic heterocycles. The van der Waals surface area contributed by atoms with Gasteiger partial charge < -0.3 is 132 Å². The van der Waals surface area contributed by atoms with Crippen molar-refractivity contribution in [1.82, 2.24) is 14.7 Å². The van der Waals surface area contributed by atoms with Crippen molar-refractivity contribution in [2.45, 2.75) is 271 Å². The number of aliphatic hydroxyl groups excluding tert-OH is 9. The number of nitrogens with zero attached hydrogens (tertiary/aromatic N) is 3. The molecule has 10 rings (SSSR count). The fraction of sp³-hybridized carbons (Fsp3) is 0.963. The van der Waals surface area contributed by atoms with Gasteiger partial charge in [0.1, 0.15) is 235 Å². The first-order valence-electron chi connectivity index (χ1n) is 39.8. The summed E-state index contributed by atoms with van der Waals surface area (Å²) in [5.74, 6) is 0. The zero-order chi connectivity index (χ0) is 93.8. The summed E-state index contributed by atoms with van der Waals surface area (Å²) in [5.41, 5.74) is 0.336. The zero-order valence-electron chi connectivity index (χ0n) is 70.6. The number of aromatic nitrogens is 3. The Kier molecular flexibility index (Phi) is 36.7. The highest BCUT2D eigenvalue weighted by molar-refractivity contribution is 7.49. The van der Waals surface area contributed by atoms with E-state index in [4.69, 9.17) is 120 Å². The Bertz CT molecular complexity index is 4210. The number of phosphoric acid groups is 8. The molecule has 0 spiro atoms. The van der Waals surface area contributed by atoms with Gasteiger partial charge in [-0.3, -0.25) is 76.7 Å². The summed E-state index contributed by atoms with van der Waals surface area (Å²) in [6.45, 7) is 3.43. The van der Waals surface area contributed by atoms with Crippen LogP contribution in [0.15, 0.2) is 6.20 Å². The van der Waals surface area contributed by atoms with Crippen LogP contribution in [-0.4, -0.2) is 450 Å². The summed E-state index contributed by atoms with van der Waals surface area (Å²) < 4.78 is 250. The van der Waals surface area contributed by atoms with E-state index in [9.17, 15) is 122 Å². The molecule has 72 heteroatoms. The molecule has 54 nitrogen and oxygen atoms in total. The van der Waals surface area contributed by atoms with E-state index < -0.39 is 343 Å². The third-order valence-corrected chi connectivity index (χ3v) is 35.8. The Labute approximate surface area is 730 Å². The van der Waals surface area contributed by atoms with E-state index in [0.29, 0.717) is 5.69 Å². The number of hydrogen-bond donors (Lipinski definition) is 17. The SMILES string of the molecule is BC1O[C@H](COP(=O)(O)O[C@@H]2[C@H](O)C(B)O[C@@H]2COP(=O)(O)O[C@@H]2[C@H](O)C(B)O[C@@H]2COP(=O)(O)O[C@@H]2[C@H](O)C(B)O[C@@H]2COP(=O)(O)O[C@@H]2[C@H](O)C(B)O[C@@H]2COP(=O)(O)O[C@@H]2[C@H](O)C(B)O[C@@H]2COP(=O)(O)O[C@@H]2[C@H](O)C(B)O[C@@H]2COP(=O)(O)O[C@@H]2[C@H](OCc3cn([Si](C)(C)C(C)(C)C)nn3)C(B)O[C@@H]2COP(=O)(O)O[C@@H]2[C@H](O)C(B)O[C@@H]2C)[C@H](O)[C@@H]1O.